The lowest BCUT2D eigenvalue weighted by atomic mass is 10.0. The van der Waals surface area contributed by atoms with Gasteiger partial charge in [0.15, 0.2) is 0 Å². The zero-order chi connectivity index (χ0) is 16.4. The molecule has 0 saturated carbocycles. The Bertz CT molecular complexity index is 778. The first kappa shape index (κ1) is 15.8. The highest BCUT2D eigenvalue weighted by atomic mass is 16.5. The van der Waals surface area contributed by atoms with Gasteiger partial charge in [-0.15, -0.1) is 0 Å². The molecule has 2 heterocycles. The van der Waals surface area contributed by atoms with Crippen molar-refractivity contribution in [3.05, 3.63) is 45.3 Å². The number of morpholine rings is 1. The molecule has 0 amide bonds. The van der Waals surface area contributed by atoms with E-state index in [1.807, 2.05) is 0 Å². The van der Waals surface area contributed by atoms with Gasteiger partial charge in [-0.3, -0.25) is 0 Å². The molecule has 0 bridgehead atoms. The van der Waals surface area contributed by atoms with Crippen LogP contribution in [0.4, 0.5) is 0 Å². The van der Waals surface area contributed by atoms with Crippen molar-refractivity contribution in [1.82, 2.24) is 0 Å². The zero-order valence-corrected chi connectivity index (χ0v) is 14.1. The number of fused-ring (bicyclic) bond motifs is 2. The molecule has 128 valence electrons. The fraction of sp³-hybridized carbons (Fsp3) is 0.526. The quantitative estimate of drug-likeness (QED) is 0.561. The Morgan fingerprint density at radius 1 is 1.08 bits per heavy atom. The molecule has 1 aliphatic carbocycles. The van der Waals surface area contributed by atoms with Gasteiger partial charge in [0.05, 0.1) is 13.2 Å². The molecule has 0 atom stereocenters. The summed E-state index contributed by atoms with van der Waals surface area (Å²) in [6.07, 6.45) is 3.46. The highest BCUT2D eigenvalue weighted by Crippen LogP contribution is 2.28. The van der Waals surface area contributed by atoms with E-state index in [-0.39, 0.29) is 5.63 Å². The Hall–Kier alpha value is -1.69. The van der Waals surface area contributed by atoms with Gasteiger partial charge in [0.1, 0.15) is 38.3 Å². The van der Waals surface area contributed by atoms with Crippen LogP contribution in [0.25, 0.3) is 11.0 Å². The molecule has 1 aromatic heterocycles. The minimum atomic E-state index is -0.234. The van der Waals surface area contributed by atoms with Crippen LogP contribution in [0.2, 0.25) is 0 Å². The summed E-state index contributed by atoms with van der Waals surface area (Å²) in [7, 11) is 0. The van der Waals surface area contributed by atoms with Gasteiger partial charge in [0.25, 0.3) is 0 Å². The van der Waals surface area contributed by atoms with Gasteiger partial charge in [-0.25, -0.2) is 4.79 Å². The maximum Gasteiger partial charge on any atom is 0.336 e. The number of rotatable bonds is 5. The van der Waals surface area contributed by atoms with Gasteiger partial charge in [-0.05, 0) is 42.5 Å². The van der Waals surface area contributed by atoms with Crippen LogP contribution in [-0.2, 0) is 24.1 Å². The van der Waals surface area contributed by atoms with Crippen molar-refractivity contribution >= 4 is 11.0 Å². The fourth-order valence-corrected chi connectivity index (χ4v) is 3.94. The largest absolute Gasteiger partial charge is 0.423 e. The van der Waals surface area contributed by atoms with Crippen LogP contribution in [-0.4, -0.2) is 39.4 Å². The van der Waals surface area contributed by atoms with Crippen molar-refractivity contribution in [3.63, 3.8) is 0 Å². The van der Waals surface area contributed by atoms with E-state index in [2.05, 4.69) is 17.4 Å². The molecule has 3 N–H and O–H groups in total. The Morgan fingerprint density at radius 2 is 1.88 bits per heavy atom. The van der Waals surface area contributed by atoms with Gasteiger partial charge in [-0.2, -0.15) is 0 Å². The number of ether oxygens (including phenoxy) is 1. The summed E-state index contributed by atoms with van der Waals surface area (Å²) < 4.78 is 10.8. The molecule has 5 heteroatoms. The lowest BCUT2D eigenvalue weighted by Crippen LogP contribution is -3.16. The number of aryl methyl sites for hydroxylation is 2. The normalized spacial score (nSPS) is 18.2. The Balaban J connectivity index is 1.46. The first-order chi connectivity index (χ1) is 11.8. The fourth-order valence-electron chi connectivity index (χ4n) is 3.94. The molecule has 2 aromatic rings. The molecule has 5 nitrogen and oxygen atoms in total. The van der Waals surface area contributed by atoms with E-state index in [4.69, 9.17) is 9.15 Å². The maximum atomic E-state index is 11.9. The van der Waals surface area contributed by atoms with Gasteiger partial charge in [0, 0.05) is 17.0 Å². The second kappa shape index (κ2) is 7.05. The van der Waals surface area contributed by atoms with Crippen LogP contribution in [0.1, 0.15) is 23.1 Å². The van der Waals surface area contributed by atoms with Gasteiger partial charge >= 0.3 is 5.63 Å². The smallest absolute Gasteiger partial charge is 0.336 e. The number of hydrogen-bond donors (Lipinski definition) is 2. The second-order valence-electron chi connectivity index (χ2n) is 6.96. The van der Waals surface area contributed by atoms with Crippen LogP contribution in [0, 0.1) is 0 Å². The topological polar surface area (TPSA) is 60.5 Å². The van der Waals surface area contributed by atoms with E-state index in [0.29, 0.717) is 0 Å². The molecule has 1 aliphatic heterocycles. The molecular formula is C19H26N2O3+2. The molecule has 0 spiro atoms. The second-order valence-corrected chi connectivity index (χ2v) is 6.96. The standard InChI is InChI=1S/C19H24N2O3/c22-19-12-16(13-20-4-5-21-6-8-23-9-7-21)17-10-14-2-1-3-15(14)11-18(17)24-19/h10-12,20H,1-9,13H2/p+2. The summed E-state index contributed by atoms with van der Waals surface area (Å²) >= 11 is 0. The van der Waals surface area contributed by atoms with Gasteiger partial charge < -0.3 is 19.4 Å². The first-order valence-electron chi connectivity index (χ1n) is 9.11. The molecular weight excluding hydrogens is 304 g/mol. The highest BCUT2D eigenvalue weighted by Gasteiger charge is 2.17. The summed E-state index contributed by atoms with van der Waals surface area (Å²) in [4.78, 5) is 13.5. The van der Waals surface area contributed by atoms with E-state index in [0.717, 1.165) is 75.3 Å². The predicted molar refractivity (Wildman–Crippen MR) is 91.4 cm³/mol. The van der Waals surface area contributed by atoms with E-state index >= 15 is 0 Å². The van der Waals surface area contributed by atoms with Gasteiger partial charge in [0.2, 0.25) is 0 Å². The summed E-state index contributed by atoms with van der Waals surface area (Å²) in [5.74, 6) is 0. The van der Waals surface area contributed by atoms with E-state index < -0.39 is 0 Å². The Kier molecular flexibility index (Phi) is 4.65. The maximum absolute atomic E-state index is 11.9. The molecule has 0 unspecified atom stereocenters. The molecule has 1 fully saturated rings. The summed E-state index contributed by atoms with van der Waals surface area (Å²) in [6.45, 7) is 7.04. The third kappa shape index (κ3) is 3.38. The minimum Gasteiger partial charge on any atom is -0.423 e. The van der Waals surface area contributed by atoms with Crippen LogP contribution in [0.5, 0.6) is 0 Å². The van der Waals surface area contributed by atoms with E-state index in [1.165, 1.54) is 17.5 Å². The van der Waals surface area contributed by atoms with Crippen molar-refractivity contribution in [3.8, 4) is 0 Å². The molecule has 4 rings (SSSR count). The lowest BCUT2D eigenvalue weighted by Gasteiger charge is -2.22. The molecule has 2 aliphatic rings. The number of quaternary nitrogens is 2. The van der Waals surface area contributed by atoms with Crippen molar-refractivity contribution < 1.29 is 19.4 Å². The van der Waals surface area contributed by atoms with Crippen LogP contribution in [0.3, 0.4) is 0 Å². The molecule has 1 aromatic carbocycles. The van der Waals surface area contributed by atoms with Crippen molar-refractivity contribution in [1.29, 1.82) is 0 Å². The van der Waals surface area contributed by atoms with Gasteiger partial charge in [-0.1, -0.05) is 0 Å². The van der Waals surface area contributed by atoms with Crippen LogP contribution < -0.4 is 15.8 Å². The van der Waals surface area contributed by atoms with Crippen molar-refractivity contribution in [2.45, 2.75) is 25.8 Å². The number of hydrogen-bond acceptors (Lipinski definition) is 3. The summed E-state index contributed by atoms with van der Waals surface area (Å²) in [5, 5.41) is 3.43. The molecule has 24 heavy (non-hydrogen) atoms. The average Bonchev–Trinajstić information content (AvgIpc) is 3.05. The van der Waals surface area contributed by atoms with Crippen LogP contribution >= 0.6 is 0 Å². The van der Waals surface area contributed by atoms with Crippen molar-refractivity contribution in [2.24, 2.45) is 0 Å². The Labute approximate surface area is 141 Å². The monoisotopic (exact) mass is 330 g/mol. The summed E-state index contributed by atoms with van der Waals surface area (Å²) in [6, 6.07) is 6.00. The Morgan fingerprint density at radius 3 is 2.71 bits per heavy atom. The highest BCUT2D eigenvalue weighted by molar-refractivity contribution is 5.82. The predicted octanol–water partition coefficient (Wildman–Crippen LogP) is -0.740. The number of benzene rings is 1. The zero-order valence-electron chi connectivity index (χ0n) is 14.1. The SMILES string of the molecule is O=c1cc(C[NH2+]CC[NH+]2CCOCC2)c2cc3c(cc2o1)CCC3. The van der Waals surface area contributed by atoms with Crippen LogP contribution in [0.15, 0.2) is 27.4 Å². The molecule has 0 radical (unpaired) electrons. The van der Waals surface area contributed by atoms with Crippen molar-refractivity contribution in [2.75, 3.05) is 39.4 Å². The number of nitrogens with one attached hydrogen (secondary N) is 1. The van der Waals surface area contributed by atoms with E-state index in [1.54, 1.807) is 11.0 Å². The lowest BCUT2D eigenvalue weighted by molar-refractivity contribution is -0.920. The third-order valence-corrected chi connectivity index (χ3v) is 5.31. The number of nitrogens with two attached hydrogens (primary N) is 1. The molecule has 1 saturated heterocycles. The van der Waals surface area contributed by atoms with E-state index in [9.17, 15) is 4.79 Å². The third-order valence-electron chi connectivity index (χ3n) is 5.31. The average molecular weight is 330 g/mol. The first-order valence-corrected chi connectivity index (χ1v) is 9.11. The summed E-state index contributed by atoms with van der Waals surface area (Å²) in [5.41, 5.74) is 4.40. The minimum absolute atomic E-state index is 0.234.